The molecule has 0 spiro atoms. The third kappa shape index (κ3) is 3.47. The molecule has 3 nitrogen and oxygen atoms in total. The second-order valence-electron chi connectivity index (χ2n) is 3.70. The third-order valence-electron chi connectivity index (χ3n) is 2.39. The Bertz CT molecular complexity index is 296. The van der Waals surface area contributed by atoms with Gasteiger partial charge in [-0.05, 0) is 26.8 Å². The molecule has 1 aromatic heterocycles. The topological polar surface area (TPSA) is 28.2 Å². The molecule has 15 heavy (non-hydrogen) atoms. The van der Waals surface area contributed by atoms with E-state index in [0.717, 1.165) is 24.8 Å². The van der Waals surface area contributed by atoms with Gasteiger partial charge in [0.15, 0.2) is 5.13 Å². The highest BCUT2D eigenvalue weighted by atomic mass is 32.1. The molecule has 1 rings (SSSR count). The number of aromatic nitrogens is 1. The van der Waals surface area contributed by atoms with E-state index in [1.807, 2.05) is 0 Å². The summed E-state index contributed by atoms with van der Waals surface area (Å²) in [6.45, 7) is 9.46. The quantitative estimate of drug-likeness (QED) is 0.756. The summed E-state index contributed by atoms with van der Waals surface area (Å²) in [5.74, 6) is 0. The molecule has 0 saturated heterocycles. The van der Waals surface area contributed by atoms with E-state index in [2.05, 4.69) is 43.0 Å². The van der Waals surface area contributed by atoms with Gasteiger partial charge in [0.2, 0.25) is 0 Å². The first-order chi connectivity index (χ1) is 7.19. The first kappa shape index (κ1) is 12.5. The Labute approximate surface area is 96.5 Å². The number of thiazole rings is 1. The van der Waals surface area contributed by atoms with Crippen LogP contribution in [0.3, 0.4) is 0 Å². The molecule has 0 bridgehead atoms. The van der Waals surface area contributed by atoms with Crippen molar-refractivity contribution in [3.8, 4) is 0 Å². The number of hydrogen-bond acceptors (Lipinski definition) is 4. The summed E-state index contributed by atoms with van der Waals surface area (Å²) in [6.07, 6.45) is 1.18. The molecule has 1 N–H and O–H groups in total. The van der Waals surface area contributed by atoms with Gasteiger partial charge >= 0.3 is 0 Å². The number of anilines is 1. The van der Waals surface area contributed by atoms with Gasteiger partial charge in [-0.1, -0.05) is 6.92 Å². The van der Waals surface area contributed by atoms with Gasteiger partial charge in [0.05, 0.1) is 5.69 Å². The number of aryl methyl sites for hydroxylation is 1. The zero-order chi connectivity index (χ0) is 11.3. The highest BCUT2D eigenvalue weighted by Crippen LogP contribution is 2.24. The second kappa shape index (κ2) is 6.08. The van der Waals surface area contributed by atoms with Gasteiger partial charge in [-0.3, -0.25) is 0 Å². The van der Waals surface area contributed by atoms with Crippen molar-refractivity contribution in [1.82, 2.24) is 10.3 Å². The van der Waals surface area contributed by atoms with Crippen molar-refractivity contribution in [2.75, 3.05) is 25.0 Å². The largest absolute Gasteiger partial charge is 0.351 e. The smallest absolute Gasteiger partial charge is 0.185 e. The number of rotatable bonds is 6. The van der Waals surface area contributed by atoms with Crippen molar-refractivity contribution in [2.24, 2.45) is 0 Å². The lowest BCUT2D eigenvalue weighted by molar-refractivity contribution is 0.678. The lowest BCUT2D eigenvalue weighted by atomic mass is 10.4. The Morgan fingerprint density at radius 3 is 2.73 bits per heavy atom. The van der Waals surface area contributed by atoms with Gasteiger partial charge in [0.1, 0.15) is 0 Å². The van der Waals surface area contributed by atoms with Crippen LogP contribution >= 0.6 is 11.3 Å². The molecule has 0 unspecified atom stereocenters. The van der Waals surface area contributed by atoms with Crippen molar-refractivity contribution in [3.63, 3.8) is 0 Å². The summed E-state index contributed by atoms with van der Waals surface area (Å²) in [4.78, 5) is 8.11. The van der Waals surface area contributed by atoms with Crippen molar-refractivity contribution < 1.29 is 0 Å². The molecular weight excluding hydrogens is 206 g/mol. The number of nitrogens with zero attached hydrogens (tertiary/aromatic N) is 2. The molecule has 0 radical (unpaired) electrons. The SMILES string of the molecule is CCCNCc1sc(N(C)CC)nc1C. The van der Waals surface area contributed by atoms with Gasteiger partial charge < -0.3 is 10.2 Å². The van der Waals surface area contributed by atoms with Gasteiger partial charge in [0.25, 0.3) is 0 Å². The van der Waals surface area contributed by atoms with Crippen molar-refractivity contribution >= 4 is 16.5 Å². The maximum Gasteiger partial charge on any atom is 0.185 e. The molecule has 86 valence electrons. The van der Waals surface area contributed by atoms with Crippen LogP contribution < -0.4 is 10.2 Å². The van der Waals surface area contributed by atoms with Crippen LogP contribution in [-0.2, 0) is 6.54 Å². The lowest BCUT2D eigenvalue weighted by Gasteiger charge is -2.11. The van der Waals surface area contributed by atoms with Gasteiger partial charge in [-0.15, -0.1) is 11.3 Å². The average molecular weight is 227 g/mol. The average Bonchev–Trinajstić information content (AvgIpc) is 2.60. The van der Waals surface area contributed by atoms with E-state index in [1.165, 1.54) is 17.0 Å². The molecule has 4 heteroatoms. The van der Waals surface area contributed by atoms with E-state index >= 15 is 0 Å². The van der Waals surface area contributed by atoms with E-state index in [0.29, 0.717) is 0 Å². The fraction of sp³-hybridized carbons (Fsp3) is 0.727. The van der Waals surface area contributed by atoms with Crippen molar-refractivity contribution in [3.05, 3.63) is 10.6 Å². The fourth-order valence-electron chi connectivity index (χ4n) is 1.25. The van der Waals surface area contributed by atoms with Crippen molar-refractivity contribution in [2.45, 2.75) is 33.7 Å². The first-order valence-electron chi connectivity index (χ1n) is 5.57. The minimum Gasteiger partial charge on any atom is -0.351 e. The van der Waals surface area contributed by atoms with E-state index < -0.39 is 0 Å². The van der Waals surface area contributed by atoms with Gasteiger partial charge in [0, 0.05) is 25.0 Å². The van der Waals surface area contributed by atoms with Gasteiger partial charge in [-0.2, -0.15) is 0 Å². The maximum absolute atomic E-state index is 4.56. The Kier molecular flexibility index (Phi) is 5.05. The van der Waals surface area contributed by atoms with Crippen molar-refractivity contribution in [1.29, 1.82) is 0 Å². The van der Waals surface area contributed by atoms with Crippen LogP contribution in [0.2, 0.25) is 0 Å². The molecule has 0 atom stereocenters. The molecule has 0 aliphatic rings. The Balaban J connectivity index is 2.60. The van der Waals surface area contributed by atoms with E-state index in [1.54, 1.807) is 11.3 Å². The molecule has 0 aromatic carbocycles. The number of nitrogens with one attached hydrogen (secondary N) is 1. The van der Waals surface area contributed by atoms with E-state index in [9.17, 15) is 0 Å². The zero-order valence-electron chi connectivity index (χ0n) is 10.1. The number of hydrogen-bond donors (Lipinski definition) is 1. The minimum atomic E-state index is 0.953. The van der Waals surface area contributed by atoms with E-state index in [4.69, 9.17) is 0 Å². The zero-order valence-corrected chi connectivity index (χ0v) is 10.9. The molecule has 0 aliphatic carbocycles. The molecule has 0 amide bonds. The summed E-state index contributed by atoms with van der Waals surface area (Å²) >= 11 is 1.79. The van der Waals surface area contributed by atoms with Crippen LogP contribution in [-0.4, -0.2) is 25.1 Å². The fourth-order valence-corrected chi connectivity index (χ4v) is 2.31. The molecule has 0 saturated carbocycles. The van der Waals surface area contributed by atoms with Crippen LogP contribution in [0.1, 0.15) is 30.8 Å². The molecular formula is C11H21N3S. The highest BCUT2D eigenvalue weighted by Gasteiger charge is 2.09. The van der Waals surface area contributed by atoms with Crippen LogP contribution in [0.4, 0.5) is 5.13 Å². The normalized spacial score (nSPS) is 10.7. The Hall–Kier alpha value is -0.610. The molecule has 0 aliphatic heterocycles. The summed E-state index contributed by atoms with van der Waals surface area (Å²) in [7, 11) is 2.08. The molecule has 1 heterocycles. The maximum atomic E-state index is 4.56. The minimum absolute atomic E-state index is 0.953. The monoisotopic (exact) mass is 227 g/mol. The summed E-state index contributed by atoms with van der Waals surface area (Å²) < 4.78 is 0. The van der Waals surface area contributed by atoms with Crippen LogP contribution in [0.5, 0.6) is 0 Å². The highest BCUT2D eigenvalue weighted by molar-refractivity contribution is 7.15. The predicted molar refractivity (Wildman–Crippen MR) is 67.8 cm³/mol. The molecule has 1 aromatic rings. The summed E-state index contributed by atoms with van der Waals surface area (Å²) in [5.41, 5.74) is 1.17. The van der Waals surface area contributed by atoms with Crippen LogP contribution in [0.15, 0.2) is 0 Å². The predicted octanol–water partition coefficient (Wildman–Crippen LogP) is 2.41. The third-order valence-corrected chi connectivity index (χ3v) is 3.67. The standard InChI is InChI=1S/C11H21N3S/c1-5-7-12-8-10-9(3)13-11(15-10)14(4)6-2/h12H,5-8H2,1-4H3. The first-order valence-corrected chi connectivity index (χ1v) is 6.38. The van der Waals surface area contributed by atoms with Crippen LogP contribution in [0, 0.1) is 6.92 Å². The molecule has 0 fully saturated rings. The Morgan fingerprint density at radius 1 is 1.40 bits per heavy atom. The Morgan fingerprint density at radius 2 is 2.13 bits per heavy atom. The van der Waals surface area contributed by atoms with Crippen LogP contribution in [0.25, 0.3) is 0 Å². The van der Waals surface area contributed by atoms with E-state index in [-0.39, 0.29) is 0 Å². The summed E-state index contributed by atoms with van der Waals surface area (Å²) in [5, 5.41) is 4.54. The lowest BCUT2D eigenvalue weighted by Crippen LogP contribution is -2.15. The van der Waals surface area contributed by atoms with Gasteiger partial charge in [-0.25, -0.2) is 4.98 Å². The second-order valence-corrected chi connectivity index (χ2v) is 4.76. The summed E-state index contributed by atoms with van der Waals surface area (Å²) in [6, 6.07) is 0.